The lowest BCUT2D eigenvalue weighted by atomic mass is 9.97. The first-order valence-corrected chi connectivity index (χ1v) is 17.4. The normalized spacial score (nSPS) is 22.5. The van der Waals surface area contributed by atoms with E-state index in [4.69, 9.17) is 20.4 Å². The number of imidazole rings is 1. The summed E-state index contributed by atoms with van der Waals surface area (Å²) < 4.78 is 10.7. The quantitative estimate of drug-likeness (QED) is 0.203. The Morgan fingerprint density at radius 2 is 1.75 bits per heavy atom. The highest BCUT2D eigenvalue weighted by Crippen LogP contribution is 2.46. The first-order chi connectivity index (χ1) is 23.4. The molecule has 2 amide bonds. The second kappa shape index (κ2) is 11.2. The molecule has 2 aliphatic heterocycles. The zero-order chi connectivity index (χ0) is 32.7. The Balaban J connectivity index is 1.13. The Labute approximate surface area is 279 Å². The number of fused-ring (bicyclic) bond motifs is 4. The van der Waals surface area contributed by atoms with Gasteiger partial charge in [-0.1, -0.05) is 18.2 Å². The van der Waals surface area contributed by atoms with E-state index < -0.39 is 0 Å². The summed E-state index contributed by atoms with van der Waals surface area (Å²) in [7, 11) is 1.68. The second-order valence-electron chi connectivity index (χ2n) is 14.3. The number of nitrogens with one attached hydrogen (secondary N) is 1. The Morgan fingerprint density at radius 1 is 0.958 bits per heavy atom. The van der Waals surface area contributed by atoms with Crippen LogP contribution < -0.4 is 15.8 Å². The molecule has 2 aliphatic carbocycles. The molecule has 4 atom stereocenters. The third kappa shape index (κ3) is 4.87. The maximum absolute atomic E-state index is 13.9. The van der Waals surface area contributed by atoms with Crippen molar-refractivity contribution in [3.63, 3.8) is 0 Å². The van der Waals surface area contributed by atoms with Gasteiger partial charge in [0.1, 0.15) is 16.9 Å². The number of rotatable bonds is 9. The number of pyridine rings is 1. The molecule has 9 rings (SSSR count). The fraction of sp³-hybridized carbons (Fsp3) is 0.421. The molecule has 2 saturated carbocycles. The number of hydrogen-bond donors (Lipinski definition) is 2. The third-order valence-electron chi connectivity index (χ3n) is 10.9. The molecule has 5 heterocycles. The van der Waals surface area contributed by atoms with Crippen LogP contribution in [0.3, 0.4) is 0 Å². The van der Waals surface area contributed by atoms with Crippen LogP contribution in [0.5, 0.6) is 5.75 Å². The van der Waals surface area contributed by atoms with E-state index in [0.29, 0.717) is 28.8 Å². The Kier molecular flexibility index (Phi) is 6.86. The Morgan fingerprint density at radius 3 is 2.44 bits per heavy atom. The Bertz CT molecular complexity index is 2080. The van der Waals surface area contributed by atoms with Gasteiger partial charge < -0.3 is 29.8 Å². The van der Waals surface area contributed by atoms with E-state index in [2.05, 4.69) is 26.6 Å². The van der Waals surface area contributed by atoms with Crippen molar-refractivity contribution in [2.24, 2.45) is 11.7 Å². The molecular formula is C38H41N7O3. The highest BCUT2D eigenvalue weighted by atomic mass is 16.5. The number of carbonyl (C=O) groups excluding carboxylic acids is 2. The van der Waals surface area contributed by atoms with E-state index in [1.807, 2.05) is 60.4 Å². The third-order valence-corrected chi connectivity index (χ3v) is 10.9. The average Bonchev–Trinajstić information content (AvgIpc) is 3.98. The number of benzene rings is 2. The molecular weight excluding hydrogens is 602 g/mol. The largest absolute Gasteiger partial charge is 0.494 e. The van der Waals surface area contributed by atoms with Gasteiger partial charge >= 0.3 is 0 Å². The van der Waals surface area contributed by atoms with Crippen molar-refractivity contribution in [2.45, 2.75) is 88.6 Å². The van der Waals surface area contributed by atoms with Crippen LogP contribution in [-0.2, 0) is 6.54 Å². The summed E-state index contributed by atoms with van der Waals surface area (Å²) in [5.41, 5.74) is 12.1. The molecule has 48 heavy (non-hydrogen) atoms. The number of hydrogen-bond acceptors (Lipinski definition) is 6. The van der Waals surface area contributed by atoms with Crippen molar-refractivity contribution in [3.8, 4) is 17.3 Å². The summed E-state index contributed by atoms with van der Waals surface area (Å²) in [5, 5.41) is 4.15. The minimum Gasteiger partial charge on any atom is -0.494 e. The van der Waals surface area contributed by atoms with Crippen LogP contribution in [-0.4, -0.2) is 61.1 Å². The lowest BCUT2D eigenvalue weighted by molar-refractivity contribution is 0.0726. The van der Waals surface area contributed by atoms with Gasteiger partial charge in [-0.2, -0.15) is 0 Å². The summed E-state index contributed by atoms with van der Waals surface area (Å²) in [5.74, 6) is 2.05. The van der Waals surface area contributed by atoms with Gasteiger partial charge in [0.25, 0.3) is 11.8 Å². The predicted molar refractivity (Wildman–Crippen MR) is 184 cm³/mol. The van der Waals surface area contributed by atoms with E-state index in [1.165, 1.54) is 12.8 Å². The van der Waals surface area contributed by atoms with Gasteiger partial charge in [-0.05, 0) is 100 Å². The first-order valence-electron chi connectivity index (χ1n) is 17.4. The van der Waals surface area contributed by atoms with Gasteiger partial charge in [0, 0.05) is 47.2 Å². The summed E-state index contributed by atoms with van der Waals surface area (Å²) >= 11 is 0. The molecule has 4 aliphatic rings. The molecule has 0 radical (unpaired) electrons. The molecule has 10 nitrogen and oxygen atoms in total. The SMILES string of the molecule is COc1cc(C(=O)N2[C@H]3CC[C@@H]2[C@H](N)C3)cc2nc(-c3cc4ccc([C@@H](C)NC(=O)c5ccccc5)nc4n3CC3CC3)n(C3CC3)c12. The van der Waals surface area contributed by atoms with Gasteiger partial charge in [-0.3, -0.25) is 9.59 Å². The number of nitrogens with two attached hydrogens (primary N) is 1. The Hall–Kier alpha value is -4.70. The van der Waals surface area contributed by atoms with Crippen molar-refractivity contribution in [1.29, 1.82) is 0 Å². The molecule has 5 aromatic rings. The average molecular weight is 644 g/mol. The molecule has 246 valence electrons. The predicted octanol–water partition coefficient (Wildman–Crippen LogP) is 6.00. The number of methoxy groups -OCH3 is 1. The number of aromatic nitrogens is 4. The maximum Gasteiger partial charge on any atom is 0.254 e. The fourth-order valence-electron chi connectivity index (χ4n) is 8.10. The molecule has 0 spiro atoms. The van der Waals surface area contributed by atoms with Crippen molar-refractivity contribution in [1.82, 2.24) is 29.3 Å². The lowest BCUT2D eigenvalue weighted by Crippen LogP contribution is -2.40. The molecule has 2 bridgehead atoms. The van der Waals surface area contributed by atoms with Crippen molar-refractivity contribution >= 4 is 33.9 Å². The first kappa shape index (κ1) is 29.4. The highest BCUT2D eigenvalue weighted by molar-refractivity contribution is 6.01. The smallest absolute Gasteiger partial charge is 0.254 e. The van der Waals surface area contributed by atoms with E-state index >= 15 is 0 Å². The molecule has 0 unspecified atom stereocenters. The molecule has 4 fully saturated rings. The number of carbonyl (C=O) groups is 2. The van der Waals surface area contributed by atoms with E-state index in [-0.39, 0.29) is 36.0 Å². The van der Waals surface area contributed by atoms with Gasteiger partial charge in [0.15, 0.2) is 5.82 Å². The van der Waals surface area contributed by atoms with Crippen LogP contribution in [0.25, 0.3) is 33.6 Å². The maximum atomic E-state index is 13.9. The van der Waals surface area contributed by atoms with Crippen LogP contribution in [0.15, 0.2) is 60.7 Å². The van der Waals surface area contributed by atoms with E-state index in [0.717, 1.165) is 77.9 Å². The summed E-state index contributed by atoms with van der Waals surface area (Å²) in [6.45, 7) is 2.83. The molecule has 3 N–H and O–H groups in total. The molecule has 10 heteroatoms. The van der Waals surface area contributed by atoms with Crippen LogP contribution in [0.4, 0.5) is 0 Å². The molecule has 2 saturated heterocycles. The van der Waals surface area contributed by atoms with Gasteiger partial charge in [-0.15, -0.1) is 0 Å². The monoisotopic (exact) mass is 643 g/mol. The zero-order valence-corrected chi connectivity index (χ0v) is 27.4. The van der Waals surface area contributed by atoms with Crippen LogP contribution in [0.1, 0.15) is 90.4 Å². The zero-order valence-electron chi connectivity index (χ0n) is 27.4. The van der Waals surface area contributed by atoms with Gasteiger partial charge in [0.2, 0.25) is 0 Å². The molecule has 2 aromatic carbocycles. The van der Waals surface area contributed by atoms with Crippen molar-refractivity contribution in [2.75, 3.05) is 7.11 Å². The van der Waals surface area contributed by atoms with Gasteiger partial charge in [0.05, 0.1) is 30.1 Å². The minimum atomic E-state index is -0.272. The highest BCUT2D eigenvalue weighted by Gasteiger charge is 2.47. The number of amides is 2. The van der Waals surface area contributed by atoms with Crippen LogP contribution in [0, 0.1) is 5.92 Å². The van der Waals surface area contributed by atoms with E-state index in [9.17, 15) is 9.59 Å². The molecule has 3 aromatic heterocycles. The number of nitrogens with zero attached hydrogens (tertiary/aromatic N) is 5. The second-order valence-corrected chi connectivity index (χ2v) is 14.3. The lowest BCUT2D eigenvalue weighted by Gasteiger charge is -2.23. The van der Waals surface area contributed by atoms with E-state index in [1.54, 1.807) is 7.11 Å². The van der Waals surface area contributed by atoms with Crippen molar-refractivity contribution in [3.05, 3.63) is 77.5 Å². The standard InChI is InChI=1S/C38H41N7O3/c1-21(40-37(46)23-6-4-3-5-7-23)29-14-10-24-17-32(43(35(24)41-29)20-22-8-9-22)36-42-30-16-25(18-33(48-2)34(30)45(36)26-11-12-26)38(47)44-27-13-15-31(44)28(39)19-27/h3-7,10,14,16-18,21-22,26-28,31H,8-9,11-13,15,19-20,39H2,1-2H3,(H,40,46)/t21-,27+,28-,31-/m1/s1. The van der Waals surface area contributed by atoms with Crippen LogP contribution >= 0.6 is 0 Å². The van der Waals surface area contributed by atoms with Gasteiger partial charge in [-0.25, -0.2) is 9.97 Å². The summed E-state index contributed by atoms with van der Waals surface area (Å²) in [6.07, 6.45) is 7.39. The van der Waals surface area contributed by atoms with Crippen LogP contribution in [0.2, 0.25) is 0 Å². The topological polar surface area (TPSA) is 120 Å². The van der Waals surface area contributed by atoms with Crippen molar-refractivity contribution < 1.29 is 14.3 Å². The fourth-order valence-corrected chi connectivity index (χ4v) is 8.10. The number of ether oxygens (including phenoxy) is 1. The summed E-state index contributed by atoms with van der Waals surface area (Å²) in [6, 6.07) is 19.8. The summed E-state index contributed by atoms with van der Waals surface area (Å²) in [4.78, 5) is 39.4. The minimum absolute atomic E-state index is 0.0197.